The molecule has 1 fully saturated rings. The number of likely N-dealkylation sites (N-methyl/N-ethyl adjacent to an activating group) is 1. The number of nitrogens with one attached hydrogen (secondary N) is 2. The number of rotatable bonds is 9. The second kappa shape index (κ2) is 11.6. The number of nitrogens with zero attached hydrogens (tertiary/aromatic N) is 4. The summed E-state index contributed by atoms with van der Waals surface area (Å²) < 4.78 is 20.7. The third kappa shape index (κ3) is 6.53. The largest absolute Gasteiger partial charge is 0.369 e. The average Bonchev–Trinajstić information content (AvgIpc) is 3.44. The number of halogens is 1. The van der Waals surface area contributed by atoms with Crippen LogP contribution in [0, 0.1) is 5.82 Å². The molecule has 0 spiro atoms. The van der Waals surface area contributed by atoms with Gasteiger partial charge in [-0.1, -0.05) is 13.0 Å². The maximum absolute atomic E-state index is 13.4. The molecule has 1 aliphatic heterocycles. The van der Waals surface area contributed by atoms with Crippen molar-refractivity contribution in [2.75, 3.05) is 45.7 Å². The van der Waals surface area contributed by atoms with E-state index in [9.17, 15) is 18.8 Å². The predicted molar refractivity (Wildman–Crippen MR) is 124 cm³/mol. The first kappa shape index (κ1) is 25.2. The van der Waals surface area contributed by atoms with Crippen molar-refractivity contribution in [3.8, 4) is 0 Å². The summed E-state index contributed by atoms with van der Waals surface area (Å²) in [7, 11) is 3.31. The van der Waals surface area contributed by atoms with Gasteiger partial charge in [0.2, 0.25) is 5.91 Å². The van der Waals surface area contributed by atoms with Crippen molar-refractivity contribution in [1.29, 1.82) is 0 Å². The quantitative estimate of drug-likeness (QED) is 0.579. The number of hydrogen-bond donors (Lipinski definition) is 2. The second-order valence-corrected chi connectivity index (χ2v) is 8.40. The van der Waals surface area contributed by atoms with Crippen molar-refractivity contribution in [2.24, 2.45) is 0 Å². The zero-order valence-electron chi connectivity index (χ0n) is 19.7. The maximum atomic E-state index is 13.4. The minimum Gasteiger partial charge on any atom is -0.369 e. The van der Waals surface area contributed by atoms with E-state index < -0.39 is 11.7 Å². The summed E-state index contributed by atoms with van der Waals surface area (Å²) in [5.41, 5.74) is 0.671. The molecule has 0 bridgehead atoms. The van der Waals surface area contributed by atoms with Crippen LogP contribution in [0.15, 0.2) is 36.7 Å². The Bertz CT molecular complexity index is 1010. The van der Waals surface area contributed by atoms with E-state index in [1.54, 1.807) is 29.9 Å². The zero-order valence-corrected chi connectivity index (χ0v) is 19.7. The Labute approximate surface area is 198 Å². The lowest BCUT2D eigenvalue weighted by molar-refractivity contribution is -0.133. The summed E-state index contributed by atoms with van der Waals surface area (Å²) in [6.07, 6.45) is 4.59. The topological polar surface area (TPSA) is 109 Å². The Hall–Kier alpha value is -3.47. The molecule has 2 N–H and O–H groups in total. The number of anilines is 1. The molecule has 2 heterocycles. The van der Waals surface area contributed by atoms with Crippen LogP contribution in [-0.2, 0) is 9.53 Å². The molecule has 0 unspecified atom stereocenters. The lowest BCUT2D eigenvalue weighted by Crippen LogP contribution is -2.45. The highest BCUT2D eigenvalue weighted by Crippen LogP contribution is 2.28. The Kier molecular flexibility index (Phi) is 8.58. The van der Waals surface area contributed by atoms with Crippen molar-refractivity contribution >= 4 is 23.5 Å². The van der Waals surface area contributed by atoms with Crippen LogP contribution in [0.5, 0.6) is 0 Å². The van der Waals surface area contributed by atoms with E-state index in [1.165, 1.54) is 29.3 Å². The van der Waals surface area contributed by atoms with Gasteiger partial charge in [-0.15, -0.1) is 0 Å². The van der Waals surface area contributed by atoms with Crippen molar-refractivity contribution in [2.45, 2.75) is 31.8 Å². The van der Waals surface area contributed by atoms with Gasteiger partial charge in [-0.3, -0.25) is 14.3 Å². The first-order valence-corrected chi connectivity index (χ1v) is 11.2. The van der Waals surface area contributed by atoms with Crippen LogP contribution in [0.25, 0.3) is 0 Å². The lowest BCUT2D eigenvalue weighted by atomic mass is 10.2. The van der Waals surface area contributed by atoms with Gasteiger partial charge in [0.25, 0.3) is 5.91 Å². The van der Waals surface area contributed by atoms with Crippen LogP contribution in [0.4, 0.5) is 14.9 Å². The summed E-state index contributed by atoms with van der Waals surface area (Å²) in [5.74, 6) is -1.08. The number of aromatic nitrogens is 2. The number of likely N-dealkylation sites (tertiary alicyclic amines) is 1. The van der Waals surface area contributed by atoms with Gasteiger partial charge in [-0.2, -0.15) is 5.10 Å². The molecular formula is C23H31FN6O4. The summed E-state index contributed by atoms with van der Waals surface area (Å²) in [4.78, 5) is 40.0. The molecule has 1 aromatic carbocycles. The molecular weight excluding hydrogens is 443 g/mol. The van der Waals surface area contributed by atoms with E-state index in [0.29, 0.717) is 25.2 Å². The van der Waals surface area contributed by atoms with Crippen LogP contribution in [-0.4, -0.2) is 83.9 Å². The van der Waals surface area contributed by atoms with Crippen LogP contribution in [0.3, 0.4) is 0 Å². The monoisotopic (exact) mass is 474 g/mol. The van der Waals surface area contributed by atoms with Gasteiger partial charge in [-0.25, -0.2) is 9.18 Å². The third-order valence-electron chi connectivity index (χ3n) is 5.53. The second-order valence-electron chi connectivity index (χ2n) is 8.40. The number of carbonyl (C=O) groups is 3. The summed E-state index contributed by atoms with van der Waals surface area (Å²) in [6.45, 7) is 3.11. The van der Waals surface area contributed by atoms with E-state index in [0.717, 1.165) is 12.5 Å². The Balaban J connectivity index is 1.65. The van der Waals surface area contributed by atoms with Crippen LogP contribution in [0.1, 0.15) is 36.2 Å². The molecule has 11 heteroatoms. The Morgan fingerprint density at radius 1 is 1.29 bits per heavy atom. The van der Waals surface area contributed by atoms with Crippen molar-refractivity contribution < 1.29 is 23.5 Å². The number of ether oxygens (including phenoxy) is 1. The number of urea groups is 1. The van der Waals surface area contributed by atoms with Crippen molar-refractivity contribution in [1.82, 2.24) is 24.9 Å². The highest BCUT2D eigenvalue weighted by atomic mass is 19.1. The standard InChI is InChI=1S/C23H31FN6O4/c1-4-8-25-23(33)29-13-19(10-20(29)14-34-15-21(31)28(2)3)30-12-18(11-26-30)27-22(32)16-6-5-7-17(24)9-16/h5-7,9,11-12,19-20H,4,8,10,13-15H2,1-3H3,(H,25,33)(H,27,32)/t19-,20-/m0/s1. The van der Waals surface area contributed by atoms with Gasteiger partial charge in [-0.05, 0) is 31.0 Å². The fourth-order valence-corrected chi connectivity index (χ4v) is 3.67. The van der Waals surface area contributed by atoms with E-state index in [4.69, 9.17) is 4.74 Å². The van der Waals surface area contributed by atoms with Gasteiger partial charge < -0.3 is 25.2 Å². The zero-order chi connectivity index (χ0) is 24.7. The van der Waals surface area contributed by atoms with Gasteiger partial charge in [0.15, 0.2) is 0 Å². The molecule has 1 aromatic heterocycles. The van der Waals surface area contributed by atoms with E-state index in [1.807, 2.05) is 6.92 Å². The van der Waals surface area contributed by atoms with Gasteiger partial charge in [0.05, 0.1) is 30.6 Å². The Morgan fingerprint density at radius 2 is 2.09 bits per heavy atom. The van der Waals surface area contributed by atoms with Gasteiger partial charge in [0, 0.05) is 38.9 Å². The molecule has 1 aliphatic rings. The first-order valence-electron chi connectivity index (χ1n) is 11.2. The van der Waals surface area contributed by atoms with Crippen LogP contribution >= 0.6 is 0 Å². The van der Waals surface area contributed by atoms with Crippen molar-refractivity contribution in [3.63, 3.8) is 0 Å². The molecule has 2 atom stereocenters. The van der Waals surface area contributed by atoms with E-state index in [-0.39, 0.29) is 42.8 Å². The lowest BCUT2D eigenvalue weighted by Gasteiger charge is -2.24. The molecule has 4 amide bonds. The highest BCUT2D eigenvalue weighted by molar-refractivity contribution is 6.04. The smallest absolute Gasteiger partial charge is 0.317 e. The average molecular weight is 475 g/mol. The fraction of sp³-hybridized carbons (Fsp3) is 0.478. The number of hydrogen-bond acceptors (Lipinski definition) is 5. The molecule has 2 aromatic rings. The number of benzene rings is 1. The fourth-order valence-electron chi connectivity index (χ4n) is 3.67. The molecule has 10 nitrogen and oxygen atoms in total. The molecule has 184 valence electrons. The summed E-state index contributed by atoms with van der Waals surface area (Å²) in [5, 5.41) is 9.95. The first-order chi connectivity index (χ1) is 16.3. The predicted octanol–water partition coefficient (Wildman–Crippen LogP) is 2.11. The minimum atomic E-state index is -0.490. The molecule has 0 aliphatic carbocycles. The van der Waals surface area contributed by atoms with Gasteiger partial charge in [0.1, 0.15) is 12.4 Å². The molecule has 0 radical (unpaired) electrons. The molecule has 3 rings (SSSR count). The van der Waals surface area contributed by atoms with Crippen LogP contribution < -0.4 is 10.6 Å². The molecule has 1 saturated heterocycles. The summed E-state index contributed by atoms with van der Waals surface area (Å²) >= 11 is 0. The van der Waals surface area contributed by atoms with Gasteiger partial charge >= 0.3 is 6.03 Å². The summed E-state index contributed by atoms with van der Waals surface area (Å²) in [6, 6.07) is 4.88. The molecule has 0 saturated carbocycles. The van der Waals surface area contributed by atoms with E-state index >= 15 is 0 Å². The number of carbonyl (C=O) groups excluding carboxylic acids is 3. The van der Waals surface area contributed by atoms with Crippen LogP contribution in [0.2, 0.25) is 0 Å². The van der Waals surface area contributed by atoms with E-state index in [2.05, 4.69) is 15.7 Å². The normalized spacial score (nSPS) is 17.5. The third-order valence-corrected chi connectivity index (χ3v) is 5.53. The molecule has 34 heavy (non-hydrogen) atoms. The minimum absolute atomic E-state index is 0.0589. The SMILES string of the molecule is CCCNC(=O)N1C[C@@H](n2cc(NC(=O)c3cccc(F)c3)cn2)C[C@H]1COCC(=O)N(C)C. The highest BCUT2D eigenvalue weighted by Gasteiger charge is 2.36. The maximum Gasteiger partial charge on any atom is 0.317 e. The Morgan fingerprint density at radius 3 is 2.79 bits per heavy atom. The number of amides is 4. The van der Waals surface area contributed by atoms with Crippen molar-refractivity contribution in [3.05, 3.63) is 48.0 Å².